The molecule has 1 fully saturated rings. The monoisotopic (exact) mass is 204 g/mol. The Morgan fingerprint density at radius 2 is 1.36 bits per heavy atom. The first-order valence-corrected chi connectivity index (χ1v) is 5.75. The van der Waals surface area contributed by atoms with Crippen LogP contribution >= 0.6 is 0 Å². The topological polar surface area (TPSA) is 52.0 Å². The third-order valence-electron chi connectivity index (χ3n) is 2.06. The molecule has 1 aliphatic rings. The van der Waals surface area contributed by atoms with Crippen molar-refractivity contribution in [2.24, 2.45) is 17.4 Å². The quantitative estimate of drug-likeness (QED) is 0.689. The first kappa shape index (κ1) is 19.5. The van der Waals surface area contributed by atoms with Crippen LogP contribution in [0.5, 0.6) is 0 Å². The summed E-state index contributed by atoms with van der Waals surface area (Å²) in [5.41, 5.74) is 10.4. The highest BCUT2D eigenvalue weighted by Gasteiger charge is 2.09. The van der Waals surface area contributed by atoms with E-state index in [9.17, 15) is 0 Å². The van der Waals surface area contributed by atoms with Crippen molar-refractivity contribution in [1.29, 1.82) is 0 Å². The van der Waals surface area contributed by atoms with E-state index >= 15 is 0 Å². The molecule has 0 spiro atoms. The Labute approximate surface area is 91.4 Å². The molecule has 0 aromatic heterocycles. The minimum atomic E-state index is 0. The van der Waals surface area contributed by atoms with Gasteiger partial charge in [-0.2, -0.15) is 0 Å². The molecule has 4 N–H and O–H groups in total. The summed E-state index contributed by atoms with van der Waals surface area (Å²) in [6.45, 7) is 7.57. The van der Waals surface area contributed by atoms with Gasteiger partial charge in [0.25, 0.3) is 0 Å². The van der Waals surface area contributed by atoms with Crippen molar-refractivity contribution in [1.82, 2.24) is 0 Å². The third kappa shape index (κ3) is 14.4. The van der Waals surface area contributed by atoms with Crippen LogP contribution in [0.15, 0.2) is 0 Å². The lowest BCUT2D eigenvalue weighted by Crippen LogP contribution is -2.16. The predicted octanol–water partition coefficient (Wildman–Crippen LogP) is 3.15. The van der Waals surface area contributed by atoms with Crippen LogP contribution in [0.3, 0.4) is 0 Å². The summed E-state index contributed by atoms with van der Waals surface area (Å²) >= 11 is 0. The normalized spacial score (nSPS) is 15.2. The predicted molar refractivity (Wildman–Crippen MR) is 68.4 cm³/mol. The maximum absolute atomic E-state index is 5.50. The van der Waals surface area contributed by atoms with Gasteiger partial charge < -0.3 is 11.5 Å². The molecule has 0 aliphatic heterocycles. The van der Waals surface area contributed by atoms with Crippen molar-refractivity contribution in [3.8, 4) is 0 Å². The summed E-state index contributed by atoms with van der Waals surface area (Å²) in [4.78, 5) is 0. The van der Waals surface area contributed by atoms with Crippen molar-refractivity contribution in [2.45, 2.75) is 60.3 Å². The fraction of sp³-hybridized carbons (Fsp3) is 1.00. The van der Waals surface area contributed by atoms with Crippen molar-refractivity contribution >= 4 is 0 Å². The highest BCUT2D eigenvalue weighted by molar-refractivity contribution is 4.65. The molecule has 0 saturated heterocycles. The van der Waals surface area contributed by atoms with E-state index in [0.717, 1.165) is 19.0 Å². The zero-order valence-corrected chi connectivity index (χ0v) is 9.68. The van der Waals surface area contributed by atoms with E-state index in [2.05, 4.69) is 0 Å². The smallest absolute Gasteiger partial charge is 0.00489 e. The molecule has 0 atom stereocenters. The van der Waals surface area contributed by atoms with Gasteiger partial charge in [0.15, 0.2) is 0 Å². The number of nitrogens with two attached hydrogens (primary N) is 2. The number of hydrogen-bond acceptors (Lipinski definition) is 2. The zero-order valence-electron chi connectivity index (χ0n) is 9.68. The zero-order chi connectivity index (χ0) is 10.5. The molecule has 2 heteroatoms. The fourth-order valence-corrected chi connectivity index (χ4v) is 1.42. The van der Waals surface area contributed by atoms with Crippen LogP contribution in [0.1, 0.15) is 60.3 Å². The highest BCUT2D eigenvalue weighted by Crippen LogP contribution is 2.21. The fourth-order valence-electron chi connectivity index (χ4n) is 1.42. The lowest BCUT2D eigenvalue weighted by atomic mass is 9.90. The van der Waals surface area contributed by atoms with Crippen LogP contribution in [0.2, 0.25) is 0 Å². The highest BCUT2D eigenvalue weighted by atomic mass is 14.5. The largest absolute Gasteiger partial charge is 0.331 e. The molecule has 0 aromatic carbocycles. The van der Waals surface area contributed by atoms with Crippen LogP contribution in [-0.4, -0.2) is 13.1 Å². The molecule has 1 aliphatic carbocycles. The molecule has 90 valence electrons. The molecular formula is C12H32N2. The summed E-state index contributed by atoms with van der Waals surface area (Å²) in [6, 6.07) is 0. The van der Waals surface area contributed by atoms with Crippen LogP contribution in [-0.2, 0) is 0 Å². The van der Waals surface area contributed by atoms with Crippen LogP contribution in [0.4, 0.5) is 0 Å². The Hall–Kier alpha value is -0.0800. The summed E-state index contributed by atoms with van der Waals surface area (Å²) in [7, 11) is 0. The van der Waals surface area contributed by atoms with Gasteiger partial charge in [-0.3, -0.25) is 0 Å². The van der Waals surface area contributed by atoms with Gasteiger partial charge in [0.2, 0.25) is 0 Å². The molecule has 2 nitrogen and oxygen atoms in total. The van der Waals surface area contributed by atoms with Gasteiger partial charge in [0, 0.05) is 0 Å². The van der Waals surface area contributed by atoms with Crippen molar-refractivity contribution in [2.75, 3.05) is 13.1 Å². The average molecular weight is 204 g/mol. The van der Waals surface area contributed by atoms with Gasteiger partial charge in [-0.25, -0.2) is 0 Å². The van der Waals surface area contributed by atoms with Crippen LogP contribution < -0.4 is 11.5 Å². The minimum Gasteiger partial charge on any atom is -0.331 e. The second kappa shape index (κ2) is 18.7. The molecule has 0 unspecified atom stereocenters. The van der Waals surface area contributed by atoms with E-state index in [1.807, 2.05) is 20.8 Å². The van der Waals surface area contributed by atoms with Crippen LogP contribution in [0.25, 0.3) is 0 Å². The molecule has 14 heavy (non-hydrogen) atoms. The summed E-state index contributed by atoms with van der Waals surface area (Å²) in [5, 5.41) is 0. The number of hydrogen-bond donors (Lipinski definition) is 2. The number of rotatable bonds is 1. The van der Waals surface area contributed by atoms with E-state index in [1.54, 1.807) is 0 Å². The average Bonchev–Trinajstić information content (AvgIpc) is 2.23. The Bertz CT molecular complexity index is 68.7. The molecule has 0 bridgehead atoms. The first-order valence-electron chi connectivity index (χ1n) is 5.75. The standard InChI is InChI=1S/C7H15N.C2H7N.C2H6.CH4/c8-6-7-4-2-1-3-5-7;1-2-3;1-2;/h7H,1-6,8H2;2-3H2,1H3;1-2H3;1H4. The maximum atomic E-state index is 5.50. The Morgan fingerprint density at radius 1 is 1.00 bits per heavy atom. The summed E-state index contributed by atoms with van der Waals surface area (Å²) in [6.07, 6.45) is 7.05. The van der Waals surface area contributed by atoms with Gasteiger partial charge in [-0.15, -0.1) is 0 Å². The SMILES string of the molecule is C.CC.CCN.NCC1CCCCC1. The van der Waals surface area contributed by atoms with E-state index < -0.39 is 0 Å². The molecule has 1 rings (SSSR count). The summed E-state index contributed by atoms with van der Waals surface area (Å²) in [5.74, 6) is 0.865. The molecule has 0 aromatic rings. The van der Waals surface area contributed by atoms with Crippen molar-refractivity contribution < 1.29 is 0 Å². The lowest BCUT2D eigenvalue weighted by Gasteiger charge is -2.18. The molecule has 0 amide bonds. The third-order valence-corrected chi connectivity index (χ3v) is 2.06. The second-order valence-corrected chi connectivity index (χ2v) is 3.15. The molecule has 0 heterocycles. The van der Waals surface area contributed by atoms with Crippen LogP contribution in [0, 0.1) is 5.92 Å². The van der Waals surface area contributed by atoms with E-state index in [4.69, 9.17) is 11.5 Å². The maximum Gasteiger partial charge on any atom is -0.00489 e. The van der Waals surface area contributed by atoms with Gasteiger partial charge in [0.05, 0.1) is 0 Å². The summed E-state index contributed by atoms with van der Waals surface area (Å²) < 4.78 is 0. The Morgan fingerprint density at radius 3 is 1.57 bits per heavy atom. The van der Waals surface area contributed by atoms with E-state index in [1.165, 1.54) is 32.1 Å². The lowest BCUT2D eigenvalue weighted by molar-refractivity contribution is 0.366. The first-order chi connectivity index (χ1) is 6.35. The van der Waals surface area contributed by atoms with Gasteiger partial charge >= 0.3 is 0 Å². The molecular weight excluding hydrogens is 172 g/mol. The van der Waals surface area contributed by atoms with Crippen molar-refractivity contribution in [3.63, 3.8) is 0 Å². The van der Waals surface area contributed by atoms with E-state index in [-0.39, 0.29) is 7.43 Å². The Balaban J connectivity index is -0.000000176. The Kier molecular flexibility index (Phi) is 26.0. The van der Waals surface area contributed by atoms with E-state index in [0.29, 0.717) is 0 Å². The molecule has 0 radical (unpaired) electrons. The van der Waals surface area contributed by atoms with Gasteiger partial charge in [-0.1, -0.05) is 47.5 Å². The molecule has 1 saturated carbocycles. The van der Waals surface area contributed by atoms with Gasteiger partial charge in [-0.05, 0) is 31.8 Å². The van der Waals surface area contributed by atoms with Crippen molar-refractivity contribution in [3.05, 3.63) is 0 Å². The van der Waals surface area contributed by atoms with Gasteiger partial charge in [0.1, 0.15) is 0 Å². The minimum absolute atomic E-state index is 0. The second-order valence-electron chi connectivity index (χ2n) is 3.15.